The first-order chi connectivity index (χ1) is 8.70. The van der Waals surface area contributed by atoms with Crippen LogP contribution in [0, 0.1) is 0 Å². The molecule has 0 saturated carbocycles. The molecule has 18 heavy (non-hydrogen) atoms. The van der Waals surface area contributed by atoms with Crippen LogP contribution in [0.1, 0.15) is 28.6 Å². The summed E-state index contributed by atoms with van der Waals surface area (Å²) in [6, 6.07) is 9.33. The Morgan fingerprint density at radius 3 is 2.61 bits per heavy atom. The maximum atomic E-state index is 10.8. The van der Waals surface area contributed by atoms with Gasteiger partial charge in [0.15, 0.2) is 0 Å². The van der Waals surface area contributed by atoms with Crippen molar-refractivity contribution in [2.45, 2.75) is 20.0 Å². The third-order valence-corrected chi connectivity index (χ3v) is 2.67. The van der Waals surface area contributed by atoms with E-state index >= 15 is 0 Å². The largest absolute Gasteiger partial charge is 0.489 e. The lowest BCUT2D eigenvalue weighted by Crippen LogP contribution is -2.02. The van der Waals surface area contributed by atoms with E-state index in [4.69, 9.17) is 14.3 Å². The SMILES string of the molecule is CCc1ccc(OCc2ccoc2C(=O)O)cc1. The van der Waals surface area contributed by atoms with Crippen molar-refractivity contribution in [3.63, 3.8) is 0 Å². The molecule has 1 heterocycles. The molecule has 0 amide bonds. The van der Waals surface area contributed by atoms with E-state index in [1.54, 1.807) is 6.07 Å². The summed E-state index contributed by atoms with van der Waals surface area (Å²) in [7, 11) is 0. The lowest BCUT2D eigenvalue weighted by molar-refractivity contribution is 0.0658. The van der Waals surface area contributed by atoms with Crippen LogP contribution >= 0.6 is 0 Å². The van der Waals surface area contributed by atoms with E-state index in [1.165, 1.54) is 11.8 Å². The molecule has 2 aromatic rings. The van der Waals surface area contributed by atoms with E-state index in [0.717, 1.165) is 6.42 Å². The second-order valence-electron chi connectivity index (χ2n) is 3.87. The van der Waals surface area contributed by atoms with E-state index in [-0.39, 0.29) is 12.4 Å². The molecular weight excluding hydrogens is 232 g/mol. The smallest absolute Gasteiger partial charge is 0.372 e. The van der Waals surface area contributed by atoms with Gasteiger partial charge < -0.3 is 14.3 Å². The summed E-state index contributed by atoms with van der Waals surface area (Å²) in [6.45, 7) is 2.27. The molecule has 0 saturated heterocycles. The van der Waals surface area contributed by atoms with Gasteiger partial charge in [0.05, 0.1) is 6.26 Å². The zero-order valence-electron chi connectivity index (χ0n) is 10.1. The molecule has 4 heteroatoms. The van der Waals surface area contributed by atoms with Gasteiger partial charge in [-0.15, -0.1) is 0 Å². The second kappa shape index (κ2) is 5.40. The van der Waals surface area contributed by atoms with Gasteiger partial charge in [0, 0.05) is 5.56 Å². The van der Waals surface area contributed by atoms with E-state index < -0.39 is 5.97 Å². The van der Waals surface area contributed by atoms with Gasteiger partial charge in [-0.05, 0) is 30.2 Å². The van der Waals surface area contributed by atoms with Gasteiger partial charge in [-0.3, -0.25) is 0 Å². The number of aromatic carboxylic acids is 1. The Morgan fingerprint density at radius 1 is 1.28 bits per heavy atom. The Balaban J connectivity index is 2.02. The Kier molecular flexibility index (Phi) is 3.67. The molecule has 0 radical (unpaired) electrons. The van der Waals surface area contributed by atoms with Gasteiger partial charge in [0.25, 0.3) is 0 Å². The minimum atomic E-state index is -1.08. The highest BCUT2D eigenvalue weighted by atomic mass is 16.5. The third-order valence-electron chi connectivity index (χ3n) is 2.67. The van der Waals surface area contributed by atoms with E-state index in [0.29, 0.717) is 11.3 Å². The fourth-order valence-electron chi connectivity index (χ4n) is 1.62. The predicted octanol–water partition coefficient (Wildman–Crippen LogP) is 3.12. The van der Waals surface area contributed by atoms with Crippen LogP contribution in [-0.4, -0.2) is 11.1 Å². The molecule has 0 aliphatic rings. The van der Waals surface area contributed by atoms with Crippen LogP contribution in [0.25, 0.3) is 0 Å². The number of furan rings is 1. The standard InChI is InChI=1S/C14H14O4/c1-2-10-3-5-12(6-4-10)18-9-11-7-8-17-13(11)14(15)16/h3-8H,2,9H2,1H3,(H,15,16). The van der Waals surface area contributed by atoms with Gasteiger partial charge >= 0.3 is 5.97 Å². The van der Waals surface area contributed by atoms with Crippen molar-refractivity contribution in [2.75, 3.05) is 0 Å². The fraction of sp³-hybridized carbons (Fsp3) is 0.214. The van der Waals surface area contributed by atoms with Crippen LogP contribution in [0.5, 0.6) is 5.75 Å². The number of rotatable bonds is 5. The Morgan fingerprint density at radius 2 is 2.00 bits per heavy atom. The monoisotopic (exact) mass is 246 g/mol. The van der Waals surface area contributed by atoms with Crippen molar-refractivity contribution in [1.82, 2.24) is 0 Å². The molecule has 1 N–H and O–H groups in total. The number of hydrogen-bond donors (Lipinski definition) is 1. The van der Waals surface area contributed by atoms with Crippen molar-refractivity contribution in [1.29, 1.82) is 0 Å². The lowest BCUT2D eigenvalue weighted by atomic mass is 10.2. The number of carboxylic acids is 1. The molecule has 1 aromatic heterocycles. The van der Waals surface area contributed by atoms with Gasteiger partial charge in [-0.1, -0.05) is 19.1 Å². The summed E-state index contributed by atoms with van der Waals surface area (Å²) < 4.78 is 10.4. The first-order valence-corrected chi connectivity index (χ1v) is 5.72. The van der Waals surface area contributed by atoms with Crippen LogP contribution in [-0.2, 0) is 13.0 Å². The minimum absolute atomic E-state index is 0.0693. The number of aryl methyl sites for hydroxylation is 1. The average molecular weight is 246 g/mol. The Hall–Kier alpha value is -2.23. The van der Waals surface area contributed by atoms with Crippen molar-refractivity contribution < 1.29 is 19.1 Å². The topological polar surface area (TPSA) is 59.7 Å². The number of benzene rings is 1. The van der Waals surface area contributed by atoms with Gasteiger partial charge in [-0.2, -0.15) is 0 Å². The summed E-state index contributed by atoms with van der Waals surface area (Å²) in [6.07, 6.45) is 2.33. The van der Waals surface area contributed by atoms with Crippen LogP contribution in [0.3, 0.4) is 0 Å². The zero-order valence-corrected chi connectivity index (χ0v) is 10.1. The summed E-state index contributed by atoms with van der Waals surface area (Å²) in [5.74, 6) is -0.440. The van der Waals surface area contributed by atoms with Crippen molar-refractivity contribution >= 4 is 5.97 Å². The number of ether oxygens (including phenoxy) is 1. The molecule has 0 aliphatic carbocycles. The van der Waals surface area contributed by atoms with Crippen molar-refractivity contribution in [3.05, 3.63) is 53.5 Å². The molecular formula is C14H14O4. The second-order valence-corrected chi connectivity index (χ2v) is 3.87. The highest BCUT2D eigenvalue weighted by Crippen LogP contribution is 2.17. The van der Waals surface area contributed by atoms with E-state index in [9.17, 15) is 4.79 Å². The van der Waals surface area contributed by atoms with Crippen molar-refractivity contribution in [3.8, 4) is 5.75 Å². The molecule has 4 nitrogen and oxygen atoms in total. The zero-order chi connectivity index (χ0) is 13.0. The van der Waals surface area contributed by atoms with E-state index in [2.05, 4.69) is 6.92 Å². The summed E-state index contributed by atoms with van der Waals surface area (Å²) >= 11 is 0. The number of carbonyl (C=O) groups is 1. The van der Waals surface area contributed by atoms with Crippen LogP contribution < -0.4 is 4.74 Å². The average Bonchev–Trinajstić information content (AvgIpc) is 2.85. The molecule has 2 rings (SSSR count). The first kappa shape index (κ1) is 12.2. The minimum Gasteiger partial charge on any atom is -0.489 e. The summed E-state index contributed by atoms with van der Waals surface area (Å²) in [5.41, 5.74) is 1.76. The molecule has 0 unspecified atom stereocenters. The molecule has 0 fully saturated rings. The van der Waals surface area contributed by atoms with Crippen LogP contribution in [0.2, 0.25) is 0 Å². The fourth-order valence-corrected chi connectivity index (χ4v) is 1.62. The highest BCUT2D eigenvalue weighted by Gasteiger charge is 2.14. The highest BCUT2D eigenvalue weighted by molar-refractivity contribution is 5.86. The molecule has 0 aliphatic heterocycles. The predicted molar refractivity (Wildman–Crippen MR) is 65.8 cm³/mol. The molecule has 0 atom stereocenters. The first-order valence-electron chi connectivity index (χ1n) is 5.72. The number of carboxylic acid groups (broad SMARTS) is 1. The van der Waals surface area contributed by atoms with Crippen LogP contribution in [0.4, 0.5) is 0 Å². The van der Waals surface area contributed by atoms with Gasteiger partial charge in [0.1, 0.15) is 12.4 Å². The normalized spacial score (nSPS) is 10.3. The van der Waals surface area contributed by atoms with Crippen LogP contribution in [0.15, 0.2) is 41.0 Å². The number of hydrogen-bond acceptors (Lipinski definition) is 3. The van der Waals surface area contributed by atoms with Crippen molar-refractivity contribution in [2.24, 2.45) is 0 Å². The third kappa shape index (κ3) is 2.71. The summed E-state index contributed by atoms with van der Waals surface area (Å²) in [4.78, 5) is 10.8. The lowest BCUT2D eigenvalue weighted by Gasteiger charge is -2.06. The maximum absolute atomic E-state index is 10.8. The quantitative estimate of drug-likeness (QED) is 0.880. The summed E-state index contributed by atoms with van der Waals surface area (Å²) in [5, 5.41) is 8.87. The van der Waals surface area contributed by atoms with E-state index in [1.807, 2.05) is 24.3 Å². The van der Waals surface area contributed by atoms with Gasteiger partial charge in [0.2, 0.25) is 5.76 Å². The Bertz CT molecular complexity index is 525. The molecule has 94 valence electrons. The van der Waals surface area contributed by atoms with Gasteiger partial charge in [-0.25, -0.2) is 4.79 Å². The molecule has 1 aromatic carbocycles. The Labute approximate surface area is 105 Å². The maximum Gasteiger partial charge on any atom is 0.372 e. The molecule has 0 bridgehead atoms. The molecule has 0 spiro atoms.